The van der Waals surface area contributed by atoms with E-state index in [2.05, 4.69) is 9.71 Å². The van der Waals surface area contributed by atoms with E-state index in [-0.39, 0.29) is 10.1 Å². The van der Waals surface area contributed by atoms with E-state index in [0.29, 0.717) is 17.8 Å². The van der Waals surface area contributed by atoms with Crippen molar-refractivity contribution in [2.75, 3.05) is 16.2 Å². The van der Waals surface area contributed by atoms with Gasteiger partial charge >= 0.3 is 0 Å². The monoisotopic (exact) mass is 399 g/mol. The number of hydrogen-bond acceptors (Lipinski definition) is 5. The molecular formula is C19H17N3O3S2. The summed E-state index contributed by atoms with van der Waals surface area (Å²) in [7, 11) is -3.63. The second kappa shape index (κ2) is 7.13. The van der Waals surface area contributed by atoms with Crippen molar-refractivity contribution in [2.45, 2.75) is 17.1 Å². The molecule has 1 N–H and O–H groups in total. The van der Waals surface area contributed by atoms with Crippen molar-refractivity contribution in [2.24, 2.45) is 0 Å². The van der Waals surface area contributed by atoms with Crippen LogP contribution in [0.25, 0.3) is 0 Å². The molecule has 1 aliphatic rings. The predicted molar refractivity (Wildman–Crippen MR) is 106 cm³/mol. The van der Waals surface area contributed by atoms with Crippen LogP contribution in [0.3, 0.4) is 0 Å². The van der Waals surface area contributed by atoms with E-state index in [1.165, 1.54) is 0 Å². The Morgan fingerprint density at radius 2 is 2.07 bits per heavy atom. The molecule has 138 valence electrons. The Labute approximate surface area is 161 Å². The van der Waals surface area contributed by atoms with E-state index >= 15 is 0 Å². The number of aryl methyl sites for hydroxylation is 1. The lowest BCUT2D eigenvalue weighted by Crippen LogP contribution is -2.35. The Hall–Kier alpha value is -2.71. The third kappa shape index (κ3) is 3.58. The van der Waals surface area contributed by atoms with Crippen molar-refractivity contribution in [3.8, 4) is 0 Å². The predicted octanol–water partition coefficient (Wildman–Crippen LogP) is 3.54. The molecule has 1 aliphatic heterocycles. The molecule has 0 saturated carbocycles. The molecule has 3 heterocycles. The summed E-state index contributed by atoms with van der Waals surface area (Å²) in [6, 6.07) is 12.1. The Morgan fingerprint density at radius 3 is 2.81 bits per heavy atom. The standard InChI is InChI=1S/C19H17N3O3S2/c23-19(15-4-1-9-20-13-15)22-10-2-5-14-7-8-16(12-17(14)22)21-27(24,25)18-6-3-11-26-18/h1,3-4,6-9,11-13,21H,2,5,10H2. The summed E-state index contributed by atoms with van der Waals surface area (Å²) >= 11 is 1.16. The van der Waals surface area contributed by atoms with Crippen molar-refractivity contribution in [3.63, 3.8) is 0 Å². The molecule has 0 saturated heterocycles. The third-order valence-electron chi connectivity index (χ3n) is 4.37. The van der Waals surface area contributed by atoms with Crippen molar-refractivity contribution >= 4 is 38.6 Å². The van der Waals surface area contributed by atoms with Crippen molar-refractivity contribution in [1.82, 2.24) is 4.98 Å². The number of carbonyl (C=O) groups excluding carboxylic acids is 1. The molecule has 4 rings (SSSR count). The number of carbonyl (C=O) groups is 1. The topological polar surface area (TPSA) is 79.4 Å². The van der Waals surface area contributed by atoms with E-state index in [1.54, 1.807) is 59.1 Å². The zero-order valence-corrected chi connectivity index (χ0v) is 16.0. The lowest BCUT2D eigenvalue weighted by atomic mass is 10.0. The van der Waals surface area contributed by atoms with Gasteiger partial charge in [0.25, 0.3) is 15.9 Å². The molecule has 1 aromatic carbocycles. The van der Waals surface area contributed by atoms with Crippen LogP contribution in [-0.4, -0.2) is 25.9 Å². The number of nitrogens with one attached hydrogen (secondary N) is 1. The van der Waals surface area contributed by atoms with Gasteiger partial charge in [-0.25, -0.2) is 8.42 Å². The fourth-order valence-corrected chi connectivity index (χ4v) is 5.16. The Bertz CT molecular complexity index is 1060. The van der Waals surface area contributed by atoms with Gasteiger partial charge < -0.3 is 4.90 Å². The number of aromatic nitrogens is 1. The summed E-state index contributed by atoms with van der Waals surface area (Å²) in [4.78, 5) is 18.6. The van der Waals surface area contributed by atoms with Gasteiger partial charge in [0, 0.05) is 24.6 Å². The van der Waals surface area contributed by atoms with Gasteiger partial charge in [0.15, 0.2) is 0 Å². The van der Waals surface area contributed by atoms with Gasteiger partial charge in [-0.3, -0.25) is 14.5 Å². The van der Waals surface area contributed by atoms with E-state index in [1.807, 2.05) is 6.07 Å². The summed E-state index contributed by atoms with van der Waals surface area (Å²) in [5, 5.41) is 1.72. The summed E-state index contributed by atoms with van der Waals surface area (Å²) in [5.41, 5.74) is 2.71. The summed E-state index contributed by atoms with van der Waals surface area (Å²) < 4.78 is 27.8. The second-order valence-corrected chi connectivity index (χ2v) is 9.04. The number of benzene rings is 1. The molecule has 0 aliphatic carbocycles. The molecule has 6 nitrogen and oxygen atoms in total. The lowest BCUT2D eigenvalue weighted by Gasteiger charge is -2.30. The first kappa shape index (κ1) is 17.7. The quantitative estimate of drug-likeness (QED) is 0.728. The van der Waals surface area contributed by atoms with Crippen LogP contribution in [0.4, 0.5) is 11.4 Å². The Morgan fingerprint density at radius 1 is 1.19 bits per heavy atom. The molecule has 27 heavy (non-hydrogen) atoms. The number of fused-ring (bicyclic) bond motifs is 1. The van der Waals surface area contributed by atoms with Gasteiger partial charge in [-0.1, -0.05) is 12.1 Å². The van der Waals surface area contributed by atoms with Crippen LogP contribution in [0.2, 0.25) is 0 Å². The van der Waals surface area contributed by atoms with E-state index in [0.717, 1.165) is 35.4 Å². The maximum absolute atomic E-state index is 12.9. The number of thiophene rings is 1. The zero-order valence-electron chi connectivity index (χ0n) is 14.3. The smallest absolute Gasteiger partial charge is 0.271 e. The molecule has 0 radical (unpaired) electrons. The third-order valence-corrected chi connectivity index (χ3v) is 7.15. The first-order chi connectivity index (χ1) is 13.0. The average molecular weight is 399 g/mol. The SMILES string of the molecule is O=C(c1cccnc1)N1CCCc2ccc(NS(=O)(=O)c3cccs3)cc21. The highest BCUT2D eigenvalue weighted by atomic mass is 32.2. The fraction of sp³-hybridized carbons (Fsp3) is 0.158. The van der Waals surface area contributed by atoms with Crippen LogP contribution in [0.1, 0.15) is 22.3 Å². The summed E-state index contributed by atoms with van der Waals surface area (Å²) in [6.45, 7) is 0.585. The van der Waals surface area contributed by atoms with Gasteiger partial charge in [-0.2, -0.15) is 0 Å². The minimum Gasteiger partial charge on any atom is -0.308 e. The maximum atomic E-state index is 12.9. The molecule has 8 heteroatoms. The molecule has 0 bridgehead atoms. The molecular weight excluding hydrogens is 382 g/mol. The Kier molecular flexibility index (Phi) is 4.67. The first-order valence-corrected chi connectivity index (χ1v) is 10.8. The highest BCUT2D eigenvalue weighted by Crippen LogP contribution is 2.32. The Balaban J connectivity index is 1.66. The van der Waals surface area contributed by atoms with Gasteiger partial charge in [-0.15, -0.1) is 11.3 Å². The van der Waals surface area contributed by atoms with Crippen LogP contribution < -0.4 is 9.62 Å². The van der Waals surface area contributed by atoms with Gasteiger partial charge in [-0.05, 0) is 54.1 Å². The largest absolute Gasteiger partial charge is 0.308 e. The van der Waals surface area contributed by atoms with Crippen LogP contribution in [0, 0.1) is 0 Å². The minimum absolute atomic E-state index is 0.137. The maximum Gasteiger partial charge on any atom is 0.271 e. The van der Waals surface area contributed by atoms with Crippen molar-refractivity contribution in [3.05, 3.63) is 71.4 Å². The number of pyridine rings is 1. The average Bonchev–Trinajstić information content (AvgIpc) is 3.23. The normalized spacial score (nSPS) is 13.9. The molecule has 3 aromatic rings. The molecule has 0 atom stereocenters. The number of nitrogens with zero attached hydrogens (tertiary/aromatic N) is 2. The van der Waals surface area contributed by atoms with Gasteiger partial charge in [0.1, 0.15) is 4.21 Å². The molecule has 2 aromatic heterocycles. The van der Waals surface area contributed by atoms with Crippen LogP contribution >= 0.6 is 11.3 Å². The highest BCUT2D eigenvalue weighted by molar-refractivity contribution is 7.94. The van der Waals surface area contributed by atoms with Gasteiger partial charge in [0.2, 0.25) is 0 Å². The number of amides is 1. The molecule has 0 unspecified atom stereocenters. The fourth-order valence-electron chi connectivity index (χ4n) is 3.12. The minimum atomic E-state index is -3.63. The molecule has 1 amide bonds. The van der Waals surface area contributed by atoms with E-state index in [9.17, 15) is 13.2 Å². The first-order valence-electron chi connectivity index (χ1n) is 8.46. The lowest BCUT2D eigenvalue weighted by molar-refractivity contribution is 0.0985. The number of sulfonamides is 1. The van der Waals surface area contributed by atoms with E-state index in [4.69, 9.17) is 0 Å². The summed E-state index contributed by atoms with van der Waals surface area (Å²) in [6.07, 6.45) is 4.88. The number of hydrogen-bond donors (Lipinski definition) is 1. The highest BCUT2D eigenvalue weighted by Gasteiger charge is 2.25. The van der Waals surface area contributed by atoms with Crippen LogP contribution in [0.15, 0.2) is 64.4 Å². The summed E-state index contributed by atoms with van der Waals surface area (Å²) in [5.74, 6) is -0.137. The van der Waals surface area contributed by atoms with Gasteiger partial charge in [0.05, 0.1) is 11.3 Å². The number of rotatable bonds is 4. The van der Waals surface area contributed by atoms with Crippen molar-refractivity contribution < 1.29 is 13.2 Å². The zero-order chi connectivity index (χ0) is 18.9. The molecule has 0 fully saturated rings. The van der Waals surface area contributed by atoms with Crippen LogP contribution in [-0.2, 0) is 16.4 Å². The van der Waals surface area contributed by atoms with Crippen molar-refractivity contribution in [1.29, 1.82) is 0 Å². The molecule has 0 spiro atoms. The van der Waals surface area contributed by atoms with E-state index < -0.39 is 10.0 Å². The number of anilines is 2. The second-order valence-electron chi connectivity index (χ2n) is 6.18. The van der Waals surface area contributed by atoms with Crippen LogP contribution in [0.5, 0.6) is 0 Å².